The van der Waals surface area contributed by atoms with Gasteiger partial charge >= 0.3 is 28.8 Å². The van der Waals surface area contributed by atoms with Gasteiger partial charge in [-0.2, -0.15) is 0 Å². The van der Waals surface area contributed by atoms with Crippen molar-refractivity contribution in [1.29, 1.82) is 0 Å². The Hall–Kier alpha value is 0.434. The largest absolute Gasteiger partial charge is 1.00 e. The van der Waals surface area contributed by atoms with E-state index in [9.17, 15) is 17.3 Å². The van der Waals surface area contributed by atoms with Gasteiger partial charge in [-0.05, 0) is 0 Å². The fraction of sp³-hybridized carbons (Fsp3) is 0. The predicted molar refractivity (Wildman–Crippen MR) is 11.3 cm³/mol. The van der Waals surface area contributed by atoms with E-state index in [1.54, 1.807) is 0 Å². The van der Waals surface area contributed by atoms with Crippen molar-refractivity contribution in [3.63, 3.8) is 0 Å². The van der Waals surface area contributed by atoms with Crippen LogP contribution in [0.1, 0.15) is 1.43 Å². The summed E-state index contributed by atoms with van der Waals surface area (Å²) in [6.45, 7) is 0. The van der Waals surface area contributed by atoms with Crippen molar-refractivity contribution in [2.45, 2.75) is 0 Å². The molecule has 0 bridgehead atoms. The zero-order chi connectivity index (χ0) is 4.50. The third-order valence-corrected chi connectivity index (χ3v) is 0. The van der Waals surface area contributed by atoms with Crippen LogP contribution in [0.3, 0.4) is 0 Å². The Morgan fingerprint density at radius 1 is 1.00 bits per heavy atom. The molecule has 0 aromatic heterocycles. The Bertz CT molecular complexity index is 27.2. The average Bonchev–Trinajstić information content (AvgIpc) is 0.722. The standard InChI is InChI=1S/BF4.Ir/c2-1(3,4)5;/q-1;+1/p+1. The maximum atomic E-state index is 9.75. The first-order valence-electron chi connectivity index (χ1n) is 0.873. The van der Waals surface area contributed by atoms with Crippen LogP contribution < -0.4 is 0 Å². The van der Waals surface area contributed by atoms with Crippen molar-refractivity contribution in [2.75, 3.05) is 0 Å². The minimum atomic E-state index is -6.00. The monoisotopic (exact) mass is 281 g/mol. The van der Waals surface area contributed by atoms with Gasteiger partial charge in [0.15, 0.2) is 0 Å². The van der Waals surface area contributed by atoms with Gasteiger partial charge in [0.05, 0.1) is 0 Å². The van der Waals surface area contributed by atoms with Crippen LogP contribution in [0.25, 0.3) is 0 Å². The average molecular weight is 280 g/mol. The Labute approximate surface area is 46.9 Å². The molecule has 0 N–H and O–H groups in total. The summed E-state index contributed by atoms with van der Waals surface area (Å²) >= 11 is 0. The molecule has 0 radical (unpaired) electrons. The van der Waals surface area contributed by atoms with Gasteiger partial charge in [-0.15, -0.1) is 0 Å². The van der Waals surface area contributed by atoms with Crippen LogP contribution in [-0.2, 0) is 20.1 Å². The second-order valence-corrected chi connectivity index (χ2v) is 0.495. The Morgan fingerprint density at radius 3 is 1.00 bits per heavy atom. The molecule has 0 rings (SSSR count). The quantitative estimate of drug-likeness (QED) is 0.465. The van der Waals surface area contributed by atoms with E-state index in [-0.39, 0.29) is 21.5 Å². The summed E-state index contributed by atoms with van der Waals surface area (Å²) in [5.74, 6) is 0. The first-order valence-corrected chi connectivity index (χ1v) is 0.873. The molecule has 0 amide bonds. The van der Waals surface area contributed by atoms with Gasteiger partial charge in [-0.1, -0.05) is 0 Å². The Kier molecular flexibility index (Phi) is 4.16. The molecule has 0 unspecified atom stereocenters. The van der Waals surface area contributed by atoms with Gasteiger partial charge < -0.3 is 17.3 Å². The van der Waals surface area contributed by atoms with Gasteiger partial charge in [0.25, 0.3) is 0 Å². The number of hydrogen-bond acceptors (Lipinski definition) is 0. The fourth-order valence-corrected chi connectivity index (χ4v) is 0. The molecule has 0 aromatic rings. The molecule has 0 saturated heterocycles. The summed E-state index contributed by atoms with van der Waals surface area (Å²) in [6, 6.07) is 0. The first kappa shape index (κ1) is 9.66. The Morgan fingerprint density at radius 2 is 1.00 bits per heavy atom. The van der Waals surface area contributed by atoms with Crippen molar-refractivity contribution >= 4 is 7.25 Å². The van der Waals surface area contributed by atoms with E-state index in [0.717, 1.165) is 0 Å². The van der Waals surface area contributed by atoms with Crippen LogP contribution in [0, 0.1) is 0 Å². The second-order valence-electron chi connectivity index (χ2n) is 0.495. The van der Waals surface area contributed by atoms with Crippen molar-refractivity contribution < 1.29 is 38.8 Å². The van der Waals surface area contributed by atoms with Crippen molar-refractivity contribution in [3.05, 3.63) is 0 Å². The maximum absolute atomic E-state index is 9.75. The first-order chi connectivity index (χ1) is 2.00. The molecule has 40 valence electrons. The van der Waals surface area contributed by atoms with Crippen LogP contribution in [0.15, 0.2) is 0 Å². The number of hydrogen-bond donors (Lipinski definition) is 0. The number of halogens is 4. The normalized spacial score (nSPS) is 10.0. The van der Waals surface area contributed by atoms with E-state index in [2.05, 4.69) is 0 Å². The second kappa shape index (κ2) is 2.58. The van der Waals surface area contributed by atoms with E-state index in [4.69, 9.17) is 0 Å². The van der Waals surface area contributed by atoms with E-state index >= 15 is 0 Å². The van der Waals surface area contributed by atoms with Crippen LogP contribution in [0.5, 0.6) is 0 Å². The maximum Gasteiger partial charge on any atom is 1.00 e. The zero-order valence-corrected chi connectivity index (χ0v) is 4.82. The molecule has 0 spiro atoms. The summed E-state index contributed by atoms with van der Waals surface area (Å²) in [5, 5.41) is 0. The van der Waals surface area contributed by atoms with Crippen molar-refractivity contribution in [1.82, 2.24) is 0 Å². The van der Waals surface area contributed by atoms with Gasteiger partial charge in [0.2, 0.25) is 0 Å². The minimum Gasteiger partial charge on any atom is -0.418 e. The third kappa shape index (κ3) is 277. The van der Waals surface area contributed by atoms with Gasteiger partial charge in [-0.3, -0.25) is 0 Å². The van der Waals surface area contributed by atoms with Gasteiger partial charge in [-0.25, -0.2) is 0 Å². The van der Waals surface area contributed by atoms with Crippen LogP contribution in [0.2, 0.25) is 0 Å². The zero-order valence-electron chi connectivity index (χ0n) is 3.42. The van der Waals surface area contributed by atoms with E-state index in [1.807, 2.05) is 0 Å². The molecule has 0 aromatic carbocycles. The van der Waals surface area contributed by atoms with Gasteiger partial charge in [0, 0.05) is 0 Å². The number of rotatable bonds is 0. The topological polar surface area (TPSA) is 0 Å². The molecule has 6 heavy (non-hydrogen) atoms. The summed E-state index contributed by atoms with van der Waals surface area (Å²) in [7, 11) is -6.00. The van der Waals surface area contributed by atoms with Crippen LogP contribution in [-0.4, -0.2) is 7.25 Å². The van der Waals surface area contributed by atoms with Crippen LogP contribution >= 0.6 is 0 Å². The van der Waals surface area contributed by atoms with Gasteiger partial charge in [0.1, 0.15) is 0 Å². The van der Waals surface area contributed by atoms with Crippen molar-refractivity contribution in [2.24, 2.45) is 0 Å². The fourth-order valence-electron chi connectivity index (χ4n) is 0. The smallest absolute Gasteiger partial charge is 0.418 e. The van der Waals surface area contributed by atoms with E-state index < -0.39 is 7.25 Å². The molecule has 0 atom stereocenters. The summed E-state index contributed by atoms with van der Waals surface area (Å²) in [5.41, 5.74) is 0. The summed E-state index contributed by atoms with van der Waals surface area (Å²) in [4.78, 5) is 0. The SMILES string of the molecule is F[B-](F)(F)F.[H+].[Ir+]. The molecule has 0 aliphatic heterocycles. The molecule has 0 nitrogen and oxygen atoms in total. The molecule has 0 fully saturated rings. The van der Waals surface area contributed by atoms with E-state index in [1.165, 1.54) is 0 Å². The molecule has 0 aliphatic carbocycles. The molecule has 0 aliphatic rings. The predicted octanol–water partition coefficient (Wildman–Crippen LogP) is 1.41. The molecular formula is HBF4Ir+. The van der Waals surface area contributed by atoms with Crippen LogP contribution in [0.4, 0.5) is 17.3 Å². The minimum absolute atomic E-state index is 0. The molecule has 6 heteroatoms. The third-order valence-electron chi connectivity index (χ3n) is 0. The summed E-state index contributed by atoms with van der Waals surface area (Å²) < 4.78 is 39.0. The molecular weight excluding hydrogens is 279 g/mol. The van der Waals surface area contributed by atoms with E-state index in [0.29, 0.717) is 0 Å². The van der Waals surface area contributed by atoms with Crippen molar-refractivity contribution in [3.8, 4) is 0 Å². The molecule has 0 saturated carbocycles. The summed E-state index contributed by atoms with van der Waals surface area (Å²) in [6.07, 6.45) is 0. The molecule has 0 heterocycles. The Balaban J connectivity index is -0.0000000800.